The number of nitrogens with two attached hydrogens (primary N) is 1. The van der Waals surface area contributed by atoms with Gasteiger partial charge in [0.05, 0.1) is 0 Å². The largest absolute Gasteiger partial charge is 0.329 e. The van der Waals surface area contributed by atoms with Gasteiger partial charge in [0.2, 0.25) is 0 Å². The van der Waals surface area contributed by atoms with Crippen LogP contribution in [0, 0.1) is 17.8 Å². The van der Waals surface area contributed by atoms with Crippen molar-refractivity contribution in [2.75, 3.05) is 19.6 Å². The summed E-state index contributed by atoms with van der Waals surface area (Å²) in [6.07, 6.45) is 9.68. The molecule has 2 saturated carbocycles. The van der Waals surface area contributed by atoms with E-state index in [0.29, 0.717) is 5.54 Å². The Bertz CT molecular complexity index is 272. The van der Waals surface area contributed by atoms with Crippen molar-refractivity contribution in [3.05, 3.63) is 0 Å². The van der Waals surface area contributed by atoms with Gasteiger partial charge < -0.3 is 5.73 Å². The van der Waals surface area contributed by atoms with Gasteiger partial charge in [0, 0.05) is 18.6 Å². The van der Waals surface area contributed by atoms with Crippen molar-refractivity contribution in [3.63, 3.8) is 0 Å². The highest BCUT2D eigenvalue weighted by Gasteiger charge is 2.46. The molecule has 0 aromatic rings. The van der Waals surface area contributed by atoms with E-state index in [1.165, 1.54) is 58.0 Å². The first-order valence-corrected chi connectivity index (χ1v) is 8.59. The van der Waals surface area contributed by atoms with E-state index < -0.39 is 0 Å². The Labute approximate surface area is 120 Å². The van der Waals surface area contributed by atoms with E-state index in [1.807, 2.05) is 0 Å². The molecule has 2 rings (SSSR count). The zero-order valence-electron chi connectivity index (χ0n) is 13.3. The van der Waals surface area contributed by atoms with E-state index in [9.17, 15) is 0 Å². The van der Waals surface area contributed by atoms with Crippen LogP contribution in [0.4, 0.5) is 0 Å². The van der Waals surface area contributed by atoms with E-state index in [-0.39, 0.29) is 0 Å². The SMILES string of the molecule is CCCN(CC1CC1)C1(CN)CCCCC1C(C)C. The Kier molecular flexibility index (Phi) is 5.30. The molecule has 0 aromatic heterocycles. The maximum absolute atomic E-state index is 6.35. The van der Waals surface area contributed by atoms with Gasteiger partial charge >= 0.3 is 0 Å². The maximum Gasteiger partial charge on any atom is 0.0362 e. The molecule has 2 heteroatoms. The Balaban J connectivity index is 2.18. The molecule has 0 bridgehead atoms. The fourth-order valence-electron chi connectivity index (χ4n) is 4.36. The van der Waals surface area contributed by atoms with Gasteiger partial charge in [0.1, 0.15) is 0 Å². The number of nitrogens with zero attached hydrogens (tertiary/aromatic N) is 1. The van der Waals surface area contributed by atoms with Crippen LogP contribution < -0.4 is 5.73 Å². The molecule has 2 aliphatic carbocycles. The Morgan fingerprint density at radius 3 is 2.47 bits per heavy atom. The van der Waals surface area contributed by atoms with Crippen LogP contribution in [0.25, 0.3) is 0 Å². The van der Waals surface area contributed by atoms with E-state index in [4.69, 9.17) is 5.73 Å². The highest BCUT2D eigenvalue weighted by Crippen LogP contribution is 2.44. The lowest BCUT2D eigenvalue weighted by Crippen LogP contribution is -2.61. The average molecular weight is 266 g/mol. The molecule has 0 amide bonds. The summed E-state index contributed by atoms with van der Waals surface area (Å²) < 4.78 is 0. The Morgan fingerprint density at radius 2 is 1.95 bits per heavy atom. The van der Waals surface area contributed by atoms with Gasteiger partial charge in [-0.25, -0.2) is 0 Å². The van der Waals surface area contributed by atoms with E-state index in [1.54, 1.807) is 0 Å². The van der Waals surface area contributed by atoms with Gasteiger partial charge in [-0.05, 0) is 56.4 Å². The van der Waals surface area contributed by atoms with Crippen molar-refractivity contribution >= 4 is 0 Å². The van der Waals surface area contributed by atoms with Gasteiger partial charge in [0.15, 0.2) is 0 Å². The fraction of sp³-hybridized carbons (Fsp3) is 1.00. The minimum atomic E-state index is 0.311. The predicted molar refractivity (Wildman–Crippen MR) is 83.2 cm³/mol. The lowest BCUT2D eigenvalue weighted by atomic mass is 9.66. The molecule has 2 nitrogen and oxygen atoms in total. The van der Waals surface area contributed by atoms with Crippen LogP contribution in [0.3, 0.4) is 0 Å². The first-order valence-electron chi connectivity index (χ1n) is 8.59. The monoisotopic (exact) mass is 266 g/mol. The molecule has 0 heterocycles. The summed E-state index contributed by atoms with van der Waals surface area (Å²) in [6, 6.07) is 0. The molecule has 112 valence electrons. The van der Waals surface area contributed by atoms with Crippen LogP contribution in [0.15, 0.2) is 0 Å². The Hall–Kier alpha value is -0.0800. The van der Waals surface area contributed by atoms with E-state index in [0.717, 1.165) is 24.3 Å². The van der Waals surface area contributed by atoms with Gasteiger partial charge in [-0.3, -0.25) is 4.90 Å². The molecule has 2 fully saturated rings. The zero-order chi connectivity index (χ0) is 13.9. The molecular weight excluding hydrogens is 232 g/mol. The second-order valence-corrected chi connectivity index (χ2v) is 7.29. The van der Waals surface area contributed by atoms with Crippen molar-refractivity contribution in [2.45, 2.75) is 71.3 Å². The van der Waals surface area contributed by atoms with Gasteiger partial charge in [-0.1, -0.05) is 33.6 Å². The first kappa shape index (κ1) is 15.3. The summed E-state index contributed by atoms with van der Waals surface area (Å²) in [7, 11) is 0. The van der Waals surface area contributed by atoms with E-state index >= 15 is 0 Å². The molecule has 2 aliphatic rings. The third kappa shape index (κ3) is 3.33. The average Bonchev–Trinajstić information content (AvgIpc) is 3.22. The summed E-state index contributed by atoms with van der Waals surface area (Å²) in [6.45, 7) is 10.5. The van der Waals surface area contributed by atoms with Gasteiger partial charge in [-0.2, -0.15) is 0 Å². The summed E-state index contributed by atoms with van der Waals surface area (Å²) in [5.41, 5.74) is 6.66. The highest BCUT2D eigenvalue weighted by molar-refractivity contribution is 5.02. The quantitative estimate of drug-likeness (QED) is 0.762. The minimum absolute atomic E-state index is 0.311. The van der Waals surface area contributed by atoms with E-state index in [2.05, 4.69) is 25.7 Å². The molecule has 2 N–H and O–H groups in total. The van der Waals surface area contributed by atoms with Crippen LogP contribution in [-0.4, -0.2) is 30.1 Å². The van der Waals surface area contributed by atoms with Crippen molar-refractivity contribution in [3.8, 4) is 0 Å². The number of rotatable bonds is 7. The molecule has 0 aromatic carbocycles. The zero-order valence-corrected chi connectivity index (χ0v) is 13.3. The van der Waals surface area contributed by atoms with Crippen LogP contribution >= 0.6 is 0 Å². The lowest BCUT2D eigenvalue weighted by molar-refractivity contribution is -0.0169. The third-order valence-corrected chi connectivity index (χ3v) is 5.52. The molecule has 0 radical (unpaired) electrons. The summed E-state index contributed by atoms with van der Waals surface area (Å²) in [5.74, 6) is 2.55. The second-order valence-electron chi connectivity index (χ2n) is 7.29. The van der Waals surface area contributed by atoms with Crippen molar-refractivity contribution in [2.24, 2.45) is 23.5 Å². The van der Waals surface area contributed by atoms with Crippen LogP contribution in [0.2, 0.25) is 0 Å². The topological polar surface area (TPSA) is 29.3 Å². The molecule has 0 aliphatic heterocycles. The van der Waals surface area contributed by atoms with Crippen molar-refractivity contribution in [1.82, 2.24) is 4.90 Å². The molecule has 19 heavy (non-hydrogen) atoms. The minimum Gasteiger partial charge on any atom is -0.329 e. The van der Waals surface area contributed by atoms with Crippen molar-refractivity contribution in [1.29, 1.82) is 0 Å². The normalized spacial score (nSPS) is 32.2. The standard InChI is InChI=1S/C17H34N2/c1-4-11-19(12-15-8-9-15)17(13-18)10-6-5-7-16(17)14(2)3/h14-16H,4-13,18H2,1-3H3. The smallest absolute Gasteiger partial charge is 0.0362 e. The van der Waals surface area contributed by atoms with Gasteiger partial charge in [0.25, 0.3) is 0 Å². The summed E-state index contributed by atoms with van der Waals surface area (Å²) in [5, 5.41) is 0. The predicted octanol–water partition coefficient (Wildman–Crippen LogP) is 3.65. The maximum atomic E-state index is 6.35. The Morgan fingerprint density at radius 1 is 1.21 bits per heavy atom. The van der Waals surface area contributed by atoms with Crippen LogP contribution in [0.1, 0.15) is 65.7 Å². The third-order valence-electron chi connectivity index (χ3n) is 5.52. The summed E-state index contributed by atoms with van der Waals surface area (Å²) >= 11 is 0. The molecule has 2 unspecified atom stereocenters. The molecule has 0 spiro atoms. The summed E-state index contributed by atoms with van der Waals surface area (Å²) in [4.78, 5) is 2.81. The fourth-order valence-corrected chi connectivity index (χ4v) is 4.36. The number of hydrogen-bond donors (Lipinski definition) is 1. The first-order chi connectivity index (χ1) is 9.14. The second kappa shape index (κ2) is 6.58. The number of hydrogen-bond acceptors (Lipinski definition) is 2. The molecule has 0 saturated heterocycles. The van der Waals surface area contributed by atoms with Gasteiger partial charge in [-0.15, -0.1) is 0 Å². The van der Waals surface area contributed by atoms with Crippen LogP contribution in [-0.2, 0) is 0 Å². The molecule has 2 atom stereocenters. The molecular formula is C17H34N2. The lowest BCUT2D eigenvalue weighted by Gasteiger charge is -2.53. The van der Waals surface area contributed by atoms with Crippen LogP contribution in [0.5, 0.6) is 0 Å². The van der Waals surface area contributed by atoms with Crippen molar-refractivity contribution < 1.29 is 0 Å². The highest BCUT2D eigenvalue weighted by atomic mass is 15.2.